The molecule has 0 spiro atoms. The summed E-state index contributed by atoms with van der Waals surface area (Å²) in [6.07, 6.45) is 7.47. The van der Waals surface area contributed by atoms with Crippen LogP contribution >= 0.6 is 0 Å². The third-order valence-electron chi connectivity index (χ3n) is 4.52. The summed E-state index contributed by atoms with van der Waals surface area (Å²) < 4.78 is 0. The molecule has 2 rings (SSSR count). The van der Waals surface area contributed by atoms with E-state index in [4.69, 9.17) is 0 Å². The van der Waals surface area contributed by atoms with Crippen LogP contribution < -0.4 is 5.32 Å². The zero-order valence-corrected chi connectivity index (χ0v) is 11.5. The van der Waals surface area contributed by atoms with E-state index in [-0.39, 0.29) is 0 Å². The SMILES string of the molecule is CCCNC1(C(=O)O)CCC(N2CCCCC2)C1. The highest BCUT2D eigenvalue weighted by Gasteiger charge is 2.46. The number of nitrogens with one attached hydrogen (secondary N) is 1. The molecule has 1 saturated carbocycles. The Kier molecular flexibility index (Phi) is 4.62. The van der Waals surface area contributed by atoms with Crippen molar-refractivity contribution in [1.82, 2.24) is 10.2 Å². The van der Waals surface area contributed by atoms with E-state index in [1.54, 1.807) is 0 Å². The lowest BCUT2D eigenvalue weighted by Crippen LogP contribution is -2.51. The minimum absolute atomic E-state index is 0.478. The molecule has 2 atom stereocenters. The molecule has 1 saturated heterocycles. The van der Waals surface area contributed by atoms with Gasteiger partial charge in [0, 0.05) is 6.04 Å². The van der Waals surface area contributed by atoms with E-state index in [0.29, 0.717) is 6.04 Å². The highest BCUT2D eigenvalue weighted by Crippen LogP contribution is 2.34. The molecule has 4 heteroatoms. The summed E-state index contributed by atoms with van der Waals surface area (Å²) in [6, 6.07) is 0.478. The molecule has 0 bridgehead atoms. The molecule has 104 valence electrons. The molecule has 0 radical (unpaired) electrons. The van der Waals surface area contributed by atoms with Gasteiger partial charge in [-0.25, -0.2) is 0 Å². The molecule has 0 aromatic rings. The lowest BCUT2D eigenvalue weighted by molar-refractivity contribution is -0.144. The molecule has 2 aliphatic rings. The van der Waals surface area contributed by atoms with Crippen molar-refractivity contribution < 1.29 is 9.90 Å². The van der Waals surface area contributed by atoms with Crippen LogP contribution in [0.2, 0.25) is 0 Å². The van der Waals surface area contributed by atoms with E-state index in [2.05, 4.69) is 17.1 Å². The first-order chi connectivity index (χ1) is 8.68. The van der Waals surface area contributed by atoms with Crippen molar-refractivity contribution in [3.63, 3.8) is 0 Å². The molecule has 2 unspecified atom stereocenters. The average molecular weight is 254 g/mol. The van der Waals surface area contributed by atoms with E-state index in [1.165, 1.54) is 19.3 Å². The third-order valence-corrected chi connectivity index (χ3v) is 4.52. The monoisotopic (exact) mass is 254 g/mol. The Morgan fingerprint density at radius 1 is 1.39 bits per heavy atom. The van der Waals surface area contributed by atoms with Crippen LogP contribution in [-0.2, 0) is 4.79 Å². The van der Waals surface area contributed by atoms with Crippen LogP contribution in [0.5, 0.6) is 0 Å². The van der Waals surface area contributed by atoms with Gasteiger partial charge in [-0.2, -0.15) is 0 Å². The Hall–Kier alpha value is -0.610. The number of piperidine rings is 1. The summed E-state index contributed by atoms with van der Waals surface area (Å²) >= 11 is 0. The first-order valence-corrected chi connectivity index (χ1v) is 7.40. The summed E-state index contributed by atoms with van der Waals surface area (Å²) in [5.74, 6) is -0.657. The molecular formula is C14H26N2O2. The molecule has 1 aliphatic heterocycles. The highest BCUT2D eigenvalue weighted by molar-refractivity contribution is 5.79. The maximum atomic E-state index is 11.6. The Bertz CT molecular complexity index is 290. The molecule has 1 heterocycles. The molecule has 2 N–H and O–H groups in total. The smallest absolute Gasteiger partial charge is 0.323 e. The lowest BCUT2D eigenvalue weighted by atomic mass is 9.96. The molecular weight excluding hydrogens is 228 g/mol. The normalized spacial score (nSPS) is 33.7. The topological polar surface area (TPSA) is 52.6 Å². The first-order valence-electron chi connectivity index (χ1n) is 7.40. The Morgan fingerprint density at radius 2 is 2.11 bits per heavy atom. The van der Waals surface area contributed by atoms with Gasteiger partial charge in [0.05, 0.1) is 0 Å². The Labute approximate surface area is 110 Å². The van der Waals surface area contributed by atoms with Crippen LogP contribution in [0.1, 0.15) is 51.9 Å². The van der Waals surface area contributed by atoms with Gasteiger partial charge in [-0.15, -0.1) is 0 Å². The van der Waals surface area contributed by atoms with Gasteiger partial charge in [-0.05, 0) is 58.2 Å². The van der Waals surface area contributed by atoms with E-state index < -0.39 is 11.5 Å². The second kappa shape index (κ2) is 6.02. The summed E-state index contributed by atoms with van der Waals surface area (Å²) in [7, 11) is 0. The minimum atomic E-state index is -0.657. The fraction of sp³-hybridized carbons (Fsp3) is 0.929. The maximum absolute atomic E-state index is 11.6. The number of nitrogens with zero attached hydrogens (tertiary/aromatic N) is 1. The van der Waals surface area contributed by atoms with Gasteiger partial charge in [0.1, 0.15) is 5.54 Å². The number of carbonyl (C=O) groups is 1. The van der Waals surface area contributed by atoms with Crippen molar-refractivity contribution in [2.24, 2.45) is 0 Å². The quantitative estimate of drug-likeness (QED) is 0.786. The second-order valence-corrected chi connectivity index (χ2v) is 5.81. The van der Waals surface area contributed by atoms with Crippen LogP contribution in [0.3, 0.4) is 0 Å². The number of carboxylic acids is 1. The fourth-order valence-electron chi connectivity index (χ4n) is 3.41. The van der Waals surface area contributed by atoms with Gasteiger partial charge in [-0.1, -0.05) is 13.3 Å². The van der Waals surface area contributed by atoms with Crippen molar-refractivity contribution >= 4 is 5.97 Å². The third kappa shape index (κ3) is 2.86. The molecule has 0 aromatic heterocycles. The summed E-state index contributed by atoms with van der Waals surface area (Å²) in [6.45, 7) is 5.21. The molecule has 0 aromatic carbocycles. The van der Waals surface area contributed by atoms with Crippen LogP contribution in [0.25, 0.3) is 0 Å². The zero-order chi connectivity index (χ0) is 13.0. The van der Waals surface area contributed by atoms with Crippen LogP contribution in [0.15, 0.2) is 0 Å². The van der Waals surface area contributed by atoms with Crippen molar-refractivity contribution in [1.29, 1.82) is 0 Å². The molecule has 1 aliphatic carbocycles. The summed E-state index contributed by atoms with van der Waals surface area (Å²) in [5, 5.41) is 12.8. The molecule has 4 nitrogen and oxygen atoms in total. The first kappa shape index (κ1) is 13.8. The molecule has 0 amide bonds. The van der Waals surface area contributed by atoms with E-state index in [9.17, 15) is 9.90 Å². The number of likely N-dealkylation sites (tertiary alicyclic amines) is 1. The number of rotatable bonds is 5. The van der Waals surface area contributed by atoms with Crippen LogP contribution in [0.4, 0.5) is 0 Å². The van der Waals surface area contributed by atoms with Gasteiger partial charge < -0.3 is 15.3 Å². The second-order valence-electron chi connectivity index (χ2n) is 5.81. The zero-order valence-electron chi connectivity index (χ0n) is 11.5. The highest BCUT2D eigenvalue weighted by atomic mass is 16.4. The average Bonchev–Trinajstić information content (AvgIpc) is 2.83. The van der Waals surface area contributed by atoms with Crippen LogP contribution in [0, 0.1) is 0 Å². The van der Waals surface area contributed by atoms with Gasteiger partial charge in [0.25, 0.3) is 0 Å². The number of hydrogen-bond acceptors (Lipinski definition) is 3. The largest absolute Gasteiger partial charge is 0.480 e. The minimum Gasteiger partial charge on any atom is -0.480 e. The van der Waals surface area contributed by atoms with Crippen molar-refractivity contribution in [2.45, 2.75) is 63.5 Å². The van der Waals surface area contributed by atoms with Gasteiger partial charge >= 0.3 is 5.97 Å². The van der Waals surface area contributed by atoms with E-state index in [0.717, 1.165) is 45.3 Å². The summed E-state index contributed by atoms with van der Waals surface area (Å²) in [4.78, 5) is 14.1. The van der Waals surface area contributed by atoms with Crippen LogP contribution in [-0.4, -0.2) is 47.2 Å². The molecule has 18 heavy (non-hydrogen) atoms. The van der Waals surface area contributed by atoms with Crippen molar-refractivity contribution in [3.8, 4) is 0 Å². The number of hydrogen-bond donors (Lipinski definition) is 2. The number of carboxylic acid groups (broad SMARTS) is 1. The summed E-state index contributed by atoms with van der Waals surface area (Å²) in [5.41, 5.74) is -0.655. The predicted octanol–water partition coefficient (Wildman–Crippen LogP) is 1.85. The Morgan fingerprint density at radius 3 is 2.72 bits per heavy atom. The van der Waals surface area contributed by atoms with Crippen molar-refractivity contribution in [3.05, 3.63) is 0 Å². The van der Waals surface area contributed by atoms with Gasteiger partial charge in [0.2, 0.25) is 0 Å². The van der Waals surface area contributed by atoms with Gasteiger partial charge in [0.15, 0.2) is 0 Å². The fourth-order valence-corrected chi connectivity index (χ4v) is 3.41. The Balaban J connectivity index is 1.96. The molecule has 2 fully saturated rings. The van der Waals surface area contributed by atoms with E-state index >= 15 is 0 Å². The van der Waals surface area contributed by atoms with E-state index in [1.807, 2.05) is 0 Å². The maximum Gasteiger partial charge on any atom is 0.323 e. The standard InChI is InChI=1S/C14H26N2O2/c1-2-8-15-14(13(17)18)7-6-12(11-14)16-9-4-3-5-10-16/h12,15H,2-11H2,1H3,(H,17,18). The predicted molar refractivity (Wildman–Crippen MR) is 71.7 cm³/mol. The van der Waals surface area contributed by atoms with Crippen molar-refractivity contribution in [2.75, 3.05) is 19.6 Å². The lowest BCUT2D eigenvalue weighted by Gasteiger charge is -2.33. The van der Waals surface area contributed by atoms with Gasteiger partial charge in [-0.3, -0.25) is 4.79 Å². The number of aliphatic carboxylic acids is 1.